The van der Waals surface area contributed by atoms with E-state index in [0.29, 0.717) is 26.4 Å². The molecule has 0 aromatic carbocycles. The number of hydrogen-bond acceptors (Lipinski definition) is 12. The SMILES string of the molecule is CCCCCCOP(=O)([O-])CCCCCC.CCCCCCOP(=O)([O-])CCCCCC.CCCCCCOP(=O)([O-])CCCCCC.CCCCCCOP(=O)([O-])CCCCCC.[Mo+4]. The van der Waals surface area contributed by atoms with Crippen LogP contribution in [0.1, 0.15) is 261 Å². The van der Waals surface area contributed by atoms with E-state index in [2.05, 4.69) is 55.4 Å². The molecule has 17 heteroatoms. The van der Waals surface area contributed by atoms with Gasteiger partial charge in [0.05, 0.1) is 26.4 Å². The summed E-state index contributed by atoms with van der Waals surface area (Å²) < 4.78 is 65.6. The summed E-state index contributed by atoms with van der Waals surface area (Å²) in [6.07, 6.45) is 33.6. The molecule has 0 fully saturated rings. The fourth-order valence-electron chi connectivity index (χ4n) is 6.12. The van der Waals surface area contributed by atoms with Crippen molar-refractivity contribution >= 4 is 30.4 Å². The third kappa shape index (κ3) is 69.6. The first kappa shape index (κ1) is 75.2. The van der Waals surface area contributed by atoms with Crippen LogP contribution in [0.2, 0.25) is 0 Å². The third-order valence-electron chi connectivity index (χ3n) is 10.3. The maximum absolute atomic E-state index is 11.4. The molecule has 0 N–H and O–H groups in total. The Labute approximate surface area is 417 Å². The average Bonchev–Trinajstić information content (AvgIpc) is 3.24. The Kier molecular flexibility index (Phi) is 65.0. The summed E-state index contributed by atoms with van der Waals surface area (Å²) in [7, 11) is -14.1. The molecule has 4 unspecified atom stereocenters. The maximum atomic E-state index is 11.4. The number of rotatable bonds is 44. The van der Waals surface area contributed by atoms with Gasteiger partial charge in [0.2, 0.25) is 0 Å². The zero-order chi connectivity index (χ0) is 49.1. The molecule has 0 rings (SSSR count). The van der Waals surface area contributed by atoms with E-state index in [1.54, 1.807) is 0 Å². The first-order valence-corrected chi connectivity index (χ1v) is 33.2. The van der Waals surface area contributed by atoms with Gasteiger partial charge in [0.25, 0.3) is 0 Å². The van der Waals surface area contributed by atoms with E-state index in [0.717, 1.165) is 205 Å². The molecule has 0 spiro atoms. The Morgan fingerprint density at radius 3 is 0.523 bits per heavy atom. The summed E-state index contributed by atoms with van der Waals surface area (Å²) in [5.74, 6) is 0. The molecule has 0 saturated heterocycles. The van der Waals surface area contributed by atoms with E-state index in [4.69, 9.17) is 18.1 Å². The topological polar surface area (TPSA) is 197 Å². The third-order valence-corrected chi connectivity index (χ3v) is 16.0. The van der Waals surface area contributed by atoms with Gasteiger partial charge in [0.1, 0.15) is 30.4 Å². The largest absolute Gasteiger partial charge is 4.00 e. The predicted octanol–water partition coefficient (Wildman–Crippen LogP) is 14.9. The minimum Gasteiger partial charge on any atom is -0.778 e. The van der Waals surface area contributed by atoms with Crippen LogP contribution in [-0.2, 0) is 57.4 Å². The predicted molar refractivity (Wildman–Crippen MR) is 267 cm³/mol. The Morgan fingerprint density at radius 1 is 0.246 bits per heavy atom. The smallest absolute Gasteiger partial charge is 0.778 e. The van der Waals surface area contributed by atoms with Crippen molar-refractivity contribution in [2.45, 2.75) is 261 Å². The maximum Gasteiger partial charge on any atom is 4.00 e. The number of unbranched alkanes of at least 4 members (excludes halogenated alkanes) is 24. The van der Waals surface area contributed by atoms with E-state index in [-0.39, 0.29) is 45.7 Å². The van der Waals surface area contributed by atoms with Crippen LogP contribution in [0.5, 0.6) is 0 Å². The van der Waals surface area contributed by atoms with Gasteiger partial charge < -0.3 is 55.9 Å². The molecule has 4 atom stereocenters. The average molecular weight is 1090 g/mol. The second kappa shape index (κ2) is 56.2. The molecule has 0 heterocycles. The fourth-order valence-corrected chi connectivity index (χ4v) is 10.7. The fraction of sp³-hybridized carbons (Fsp3) is 1.00. The van der Waals surface area contributed by atoms with Crippen LogP contribution in [0.3, 0.4) is 0 Å². The summed E-state index contributed by atoms with van der Waals surface area (Å²) in [6, 6.07) is 0. The van der Waals surface area contributed by atoms with Crippen molar-refractivity contribution in [2.24, 2.45) is 0 Å². The van der Waals surface area contributed by atoms with Gasteiger partial charge in [-0.05, 0) is 51.4 Å². The summed E-state index contributed by atoms with van der Waals surface area (Å²) in [6.45, 7) is 18.5. The molecule has 0 saturated carbocycles. The second-order valence-corrected chi connectivity index (χ2v) is 24.9. The number of hydrogen-bond donors (Lipinski definition) is 0. The molecule has 0 radical (unpaired) electrons. The molecule has 0 aliphatic carbocycles. The van der Waals surface area contributed by atoms with E-state index >= 15 is 0 Å². The Morgan fingerprint density at radius 2 is 0.385 bits per heavy atom. The molecular formula is C48H104MoO12P4. The van der Waals surface area contributed by atoms with Crippen molar-refractivity contribution < 1.29 is 77.0 Å². The van der Waals surface area contributed by atoms with Crippen LogP contribution in [0.25, 0.3) is 0 Å². The van der Waals surface area contributed by atoms with Gasteiger partial charge in [-0.25, -0.2) is 0 Å². The summed E-state index contributed by atoms with van der Waals surface area (Å²) in [5.41, 5.74) is 0. The summed E-state index contributed by atoms with van der Waals surface area (Å²) in [4.78, 5) is 45.7. The Balaban J connectivity index is -0.000000245. The molecular weight excluding hydrogens is 988 g/mol. The normalized spacial score (nSPS) is 14.7. The molecule has 394 valence electrons. The molecule has 0 bridgehead atoms. The van der Waals surface area contributed by atoms with E-state index in [1.165, 1.54) is 0 Å². The summed E-state index contributed by atoms with van der Waals surface area (Å²) >= 11 is 0. The molecule has 0 aromatic rings. The van der Waals surface area contributed by atoms with Gasteiger partial charge in [0.15, 0.2) is 0 Å². The van der Waals surface area contributed by atoms with Gasteiger partial charge in [-0.3, -0.25) is 0 Å². The van der Waals surface area contributed by atoms with Crippen molar-refractivity contribution in [1.82, 2.24) is 0 Å². The van der Waals surface area contributed by atoms with Crippen molar-refractivity contribution in [3.8, 4) is 0 Å². The van der Waals surface area contributed by atoms with Crippen LogP contribution < -0.4 is 19.6 Å². The van der Waals surface area contributed by atoms with Gasteiger partial charge >= 0.3 is 21.1 Å². The first-order chi connectivity index (χ1) is 30.5. The van der Waals surface area contributed by atoms with Crippen LogP contribution in [0, 0.1) is 0 Å². The Hall–Kier alpha value is 1.29. The molecule has 12 nitrogen and oxygen atoms in total. The van der Waals surface area contributed by atoms with Crippen LogP contribution in [0.15, 0.2) is 0 Å². The summed E-state index contributed by atoms with van der Waals surface area (Å²) in [5, 5.41) is 0. The first-order valence-electron chi connectivity index (χ1n) is 26.3. The van der Waals surface area contributed by atoms with Crippen LogP contribution in [0.4, 0.5) is 0 Å². The van der Waals surface area contributed by atoms with Crippen molar-refractivity contribution in [3.05, 3.63) is 0 Å². The van der Waals surface area contributed by atoms with Crippen LogP contribution >= 0.6 is 30.4 Å². The van der Waals surface area contributed by atoms with Gasteiger partial charge in [-0.2, -0.15) is 0 Å². The van der Waals surface area contributed by atoms with E-state index in [1.807, 2.05) is 0 Å². The molecule has 0 amide bonds. The van der Waals surface area contributed by atoms with E-state index in [9.17, 15) is 37.8 Å². The zero-order valence-corrected chi connectivity index (χ0v) is 49.0. The molecule has 65 heavy (non-hydrogen) atoms. The zero-order valence-electron chi connectivity index (χ0n) is 43.4. The van der Waals surface area contributed by atoms with Crippen molar-refractivity contribution in [3.63, 3.8) is 0 Å². The van der Waals surface area contributed by atoms with Crippen molar-refractivity contribution in [2.75, 3.05) is 51.1 Å². The minimum absolute atomic E-state index is 0. The minimum atomic E-state index is -3.53. The molecule has 0 aromatic heterocycles. The van der Waals surface area contributed by atoms with Gasteiger partial charge in [-0.15, -0.1) is 0 Å². The second-order valence-electron chi connectivity index (χ2n) is 17.2. The van der Waals surface area contributed by atoms with Gasteiger partial charge in [0, 0.05) is 24.6 Å². The standard InChI is InChI=1S/4C12H27O3P.Mo/c4*1-3-5-7-9-11-15-16(13,14)12-10-8-6-4-2;/h4*3-12H2,1-2H3,(H,13,14);/q;;;;+4/p-4. The van der Waals surface area contributed by atoms with Gasteiger partial charge in [-0.1, -0.05) is 209 Å². The molecule has 0 aliphatic rings. The quantitative estimate of drug-likeness (QED) is 0.0318. The molecule has 0 aliphatic heterocycles. The van der Waals surface area contributed by atoms with Crippen molar-refractivity contribution in [1.29, 1.82) is 0 Å². The van der Waals surface area contributed by atoms with Crippen LogP contribution in [-0.4, -0.2) is 51.1 Å². The Bertz CT molecular complexity index is 954. The van der Waals surface area contributed by atoms with E-state index < -0.39 is 30.4 Å². The monoisotopic (exact) mass is 1090 g/mol.